The van der Waals surface area contributed by atoms with Gasteiger partial charge in [0.25, 0.3) is 0 Å². The fourth-order valence-electron chi connectivity index (χ4n) is 2.72. The summed E-state index contributed by atoms with van der Waals surface area (Å²) >= 11 is 3.33. The van der Waals surface area contributed by atoms with Gasteiger partial charge < -0.3 is 0 Å². The molecular weight excluding hydrogens is 338 g/mol. The van der Waals surface area contributed by atoms with E-state index in [9.17, 15) is 8.42 Å². The van der Waals surface area contributed by atoms with Crippen LogP contribution in [0.4, 0.5) is 0 Å². The number of hydrogen-bond acceptors (Lipinski definition) is 2. The van der Waals surface area contributed by atoms with Crippen molar-refractivity contribution in [2.45, 2.75) is 38.5 Å². The first kappa shape index (κ1) is 16.0. The Labute approximate surface area is 130 Å². The van der Waals surface area contributed by atoms with Crippen molar-refractivity contribution in [3.05, 3.63) is 28.7 Å². The molecule has 1 heterocycles. The molecule has 1 aromatic carbocycles. The van der Waals surface area contributed by atoms with E-state index in [0.717, 1.165) is 17.3 Å². The minimum atomic E-state index is -3.34. The van der Waals surface area contributed by atoms with Crippen LogP contribution in [0.1, 0.15) is 33.6 Å². The van der Waals surface area contributed by atoms with Crippen molar-refractivity contribution in [1.29, 1.82) is 0 Å². The van der Waals surface area contributed by atoms with E-state index in [1.807, 2.05) is 0 Å². The lowest BCUT2D eigenvalue weighted by molar-refractivity contribution is 0.154. The summed E-state index contributed by atoms with van der Waals surface area (Å²) in [6, 6.07) is 6.87. The largest absolute Gasteiger partial charge is 0.243 e. The maximum absolute atomic E-state index is 12.6. The number of benzene rings is 1. The smallest absolute Gasteiger partial charge is 0.207 e. The van der Waals surface area contributed by atoms with Crippen molar-refractivity contribution in [3.63, 3.8) is 0 Å². The highest BCUT2D eigenvalue weighted by Gasteiger charge is 2.33. The summed E-state index contributed by atoms with van der Waals surface area (Å²) in [5.41, 5.74) is 0.257. The van der Waals surface area contributed by atoms with E-state index >= 15 is 0 Å². The molecule has 0 bridgehead atoms. The summed E-state index contributed by atoms with van der Waals surface area (Å²) in [4.78, 5) is 0.384. The molecule has 3 nitrogen and oxygen atoms in total. The van der Waals surface area contributed by atoms with E-state index < -0.39 is 10.0 Å². The number of halogens is 1. The third-order valence-electron chi connectivity index (χ3n) is 4.13. The van der Waals surface area contributed by atoms with Crippen molar-refractivity contribution in [1.82, 2.24) is 4.31 Å². The van der Waals surface area contributed by atoms with Crippen LogP contribution < -0.4 is 0 Å². The average Bonchev–Trinajstić information content (AvgIpc) is 2.38. The molecule has 0 aliphatic carbocycles. The Hall–Kier alpha value is -0.390. The molecule has 1 aromatic rings. The molecule has 0 N–H and O–H groups in total. The van der Waals surface area contributed by atoms with Gasteiger partial charge >= 0.3 is 0 Å². The summed E-state index contributed by atoms with van der Waals surface area (Å²) in [6.45, 7) is 7.95. The molecule has 1 saturated heterocycles. The molecule has 0 spiro atoms. The quantitative estimate of drug-likeness (QED) is 0.802. The van der Waals surface area contributed by atoms with Gasteiger partial charge in [-0.1, -0.05) is 36.7 Å². The van der Waals surface area contributed by atoms with Crippen LogP contribution in [0.2, 0.25) is 0 Å². The highest BCUT2D eigenvalue weighted by Crippen LogP contribution is 2.35. The zero-order valence-electron chi connectivity index (χ0n) is 12.3. The number of hydrogen-bond donors (Lipinski definition) is 0. The SMILES string of the molecule is CC(C)(C)C1CCN(S(=O)(=O)c2ccc(Br)cc2)CC1. The second-order valence-corrected chi connectivity index (χ2v) is 9.35. The molecule has 0 amide bonds. The third kappa shape index (κ3) is 3.43. The lowest BCUT2D eigenvalue weighted by atomic mass is 9.76. The van der Waals surface area contributed by atoms with Gasteiger partial charge in [0, 0.05) is 17.6 Å². The van der Waals surface area contributed by atoms with Crippen LogP contribution >= 0.6 is 15.9 Å². The minimum Gasteiger partial charge on any atom is -0.207 e. The molecule has 1 fully saturated rings. The second kappa shape index (κ2) is 5.78. The van der Waals surface area contributed by atoms with E-state index in [2.05, 4.69) is 36.7 Å². The molecule has 0 unspecified atom stereocenters. The summed E-state index contributed by atoms with van der Waals surface area (Å²) in [5, 5.41) is 0. The highest BCUT2D eigenvalue weighted by atomic mass is 79.9. The van der Waals surface area contributed by atoms with Gasteiger partial charge in [-0.05, 0) is 48.4 Å². The Morgan fingerprint density at radius 1 is 1.10 bits per heavy atom. The van der Waals surface area contributed by atoms with Crippen LogP contribution in [0.25, 0.3) is 0 Å². The first-order chi connectivity index (χ1) is 9.21. The monoisotopic (exact) mass is 359 g/mol. The molecule has 0 saturated carbocycles. The fraction of sp³-hybridized carbons (Fsp3) is 0.600. The molecule has 2 rings (SSSR count). The van der Waals surface area contributed by atoms with E-state index in [-0.39, 0.29) is 5.41 Å². The van der Waals surface area contributed by atoms with Crippen LogP contribution in [0.5, 0.6) is 0 Å². The van der Waals surface area contributed by atoms with Crippen LogP contribution in [0.3, 0.4) is 0 Å². The first-order valence-corrected chi connectivity index (χ1v) is 9.20. The number of rotatable bonds is 2. The molecule has 0 aromatic heterocycles. The Kier molecular flexibility index (Phi) is 4.62. The minimum absolute atomic E-state index is 0.257. The summed E-state index contributed by atoms with van der Waals surface area (Å²) in [6.07, 6.45) is 1.89. The number of piperidine rings is 1. The van der Waals surface area contributed by atoms with Crippen molar-refractivity contribution >= 4 is 26.0 Å². The topological polar surface area (TPSA) is 37.4 Å². The Balaban J connectivity index is 2.11. The van der Waals surface area contributed by atoms with Gasteiger partial charge in [-0.25, -0.2) is 8.42 Å². The first-order valence-electron chi connectivity index (χ1n) is 6.97. The lowest BCUT2D eigenvalue weighted by Crippen LogP contribution is -2.41. The van der Waals surface area contributed by atoms with Crippen molar-refractivity contribution in [2.75, 3.05) is 13.1 Å². The van der Waals surface area contributed by atoms with Crippen LogP contribution in [-0.2, 0) is 10.0 Å². The maximum Gasteiger partial charge on any atom is 0.243 e. The summed E-state index contributed by atoms with van der Waals surface area (Å²) in [7, 11) is -3.34. The highest BCUT2D eigenvalue weighted by molar-refractivity contribution is 9.10. The molecule has 0 radical (unpaired) electrons. The molecule has 1 aliphatic heterocycles. The van der Waals surface area contributed by atoms with Gasteiger partial charge in [0.1, 0.15) is 0 Å². The Morgan fingerprint density at radius 2 is 1.60 bits per heavy atom. The van der Waals surface area contributed by atoms with Gasteiger partial charge in [0.05, 0.1) is 4.90 Å². The van der Waals surface area contributed by atoms with Gasteiger partial charge in [-0.15, -0.1) is 0 Å². The van der Waals surface area contributed by atoms with E-state index in [1.54, 1.807) is 28.6 Å². The second-order valence-electron chi connectivity index (χ2n) is 6.50. The zero-order valence-corrected chi connectivity index (χ0v) is 14.7. The summed E-state index contributed by atoms with van der Waals surface area (Å²) in [5.74, 6) is 0.596. The predicted octanol–water partition coefficient (Wildman–Crippen LogP) is 3.90. The normalized spacial score (nSPS) is 19.2. The zero-order chi connectivity index (χ0) is 15.0. The van der Waals surface area contributed by atoms with E-state index in [1.165, 1.54) is 0 Å². The van der Waals surface area contributed by atoms with Gasteiger partial charge in [0.15, 0.2) is 0 Å². The molecule has 0 atom stereocenters. The molecule has 5 heteroatoms. The Bertz CT molecular complexity index is 553. The maximum atomic E-state index is 12.6. The molecule has 1 aliphatic rings. The van der Waals surface area contributed by atoms with Gasteiger partial charge in [0.2, 0.25) is 10.0 Å². The lowest BCUT2D eigenvalue weighted by Gasteiger charge is -2.38. The molecule has 20 heavy (non-hydrogen) atoms. The van der Waals surface area contributed by atoms with Crippen molar-refractivity contribution in [3.8, 4) is 0 Å². The average molecular weight is 360 g/mol. The molecule has 112 valence electrons. The molecular formula is C15H22BrNO2S. The Morgan fingerprint density at radius 3 is 2.05 bits per heavy atom. The van der Waals surface area contributed by atoms with E-state index in [4.69, 9.17) is 0 Å². The van der Waals surface area contributed by atoms with Crippen molar-refractivity contribution in [2.24, 2.45) is 11.3 Å². The third-order valence-corrected chi connectivity index (χ3v) is 6.57. The fourth-order valence-corrected chi connectivity index (χ4v) is 4.45. The van der Waals surface area contributed by atoms with Crippen molar-refractivity contribution < 1.29 is 8.42 Å². The van der Waals surface area contributed by atoms with Gasteiger partial charge in [-0.3, -0.25) is 0 Å². The van der Waals surface area contributed by atoms with Crippen LogP contribution in [0, 0.1) is 11.3 Å². The standard InChI is InChI=1S/C15H22BrNO2S/c1-15(2,3)12-8-10-17(11-9-12)20(18,19)14-6-4-13(16)5-7-14/h4-7,12H,8-11H2,1-3H3. The van der Waals surface area contributed by atoms with Crippen LogP contribution in [0.15, 0.2) is 33.6 Å². The predicted molar refractivity (Wildman–Crippen MR) is 85.1 cm³/mol. The van der Waals surface area contributed by atoms with Gasteiger partial charge in [-0.2, -0.15) is 4.31 Å². The summed E-state index contributed by atoms with van der Waals surface area (Å²) < 4.78 is 27.6. The number of nitrogens with zero attached hydrogens (tertiary/aromatic N) is 1. The number of sulfonamides is 1. The van der Waals surface area contributed by atoms with E-state index in [0.29, 0.717) is 23.9 Å². The van der Waals surface area contributed by atoms with Crippen LogP contribution in [-0.4, -0.2) is 25.8 Å².